The normalized spacial score (nSPS) is 13.4. The van der Waals surface area contributed by atoms with Crippen LogP contribution in [0.5, 0.6) is 5.75 Å². The van der Waals surface area contributed by atoms with Crippen molar-refractivity contribution in [1.82, 2.24) is 0 Å². The third-order valence-electron chi connectivity index (χ3n) is 1.95. The van der Waals surface area contributed by atoms with E-state index >= 15 is 0 Å². The lowest BCUT2D eigenvalue weighted by Gasteiger charge is -2.05. The summed E-state index contributed by atoms with van der Waals surface area (Å²) in [6.45, 7) is 0. The molecule has 0 spiro atoms. The van der Waals surface area contributed by atoms with Gasteiger partial charge in [-0.05, 0) is 11.6 Å². The zero-order valence-corrected chi connectivity index (χ0v) is 7.23. The summed E-state index contributed by atoms with van der Waals surface area (Å²) >= 11 is 0. The quantitative estimate of drug-likeness (QED) is 0.554. The molecule has 0 bridgehead atoms. The van der Waals surface area contributed by atoms with Crippen molar-refractivity contribution in [2.75, 3.05) is 5.32 Å². The highest BCUT2D eigenvalue weighted by atomic mass is 16.6. The third kappa shape index (κ3) is 1.71. The minimum absolute atomic E-state index is 0.0679. The minimum Gasteiger partial charge on any atom is -0.512 e. The molecule has 0 unspecified atom stereocenters. The molecule has 0 aliphatic carbocycles. The number of hydrogen-bond acceptors (Lipinski definition) is 4. The fraction of sp³-hybridized carbons (Fsp3) is 0.125. The molecule has 1 heterocycles. The molecule has 0 fully saturated rings. The second-order valence-corrected chi connectivity index (χ2v) is 2.99. The van der Waals surface area contributed by atoms with Crippen LogP contribution in [0.25, 0.3) is 0 Å². The van der Waals surface area contributed by atoms with Crippen molar-refractivity contribution in [3.05, 3.63) is 23.8 Å². The standard InChI is InChI=1S/C8H8BNO4/c11-8-3-5-1-2-6(14-9(12)13)4-7(5)10-8/h1-2,4,12-13H,3H2,(H,10,11). The van der Waals surface area contributed by atoms with E-state index in [4.69, 9.17) is 10.0 Å². The van der Waals surface area contributed by atoms with Crippen molar-refractivity contribution in [2.24, 2.45) is 0 Å². The Hall–Kier alpha value is -1.53. The molecule has 0 saturated carbocycles. The molecule has 5 nitrogen and oxygen atoms in total. The third-order valence-corrected chi connectivity index (χ3v) is 1.95. The Labute approximate surface area is 80.5 Å². The van der Waals surface area contributed by atoms with Crippen LogP contribution in [-0.2, 0) is 11.2 Å². The van der Waals surface area contributed by atoms with Crippen molar-refractivity contribution >= 4 is 18.9 Å². The lowest BCUT2D eigenvalue weighted by molar-refractivity contribution is -0.115. The van der Waals surface area contributed by atoms with E-state index in [0.717, 1.165) is 5.56 Å². The van der Waals surface area contributed by atoms with Crippen LogP contribution in [0.3, 0.4) is 0 Å². The first-order chi connectivity index (χ1) is 6.65. The molecular formula is C8H8BNO4. The fourth-order valence-electron chi connectivity index (χ4n) is 1.39. The number of carbonyl (C=O) groups is 1. The van der Waals surface area contributed by atoms with Gasteiger partial charge in [-0.1, -0.05) is 6.07 Å². The molecule has 1 aliphatic rings. The smallest absolute Gasteiger partial charge is 0.512 e. The first-order valence-corrected chi connectivity index (χ1v) is 4.11. The summed E-state index contributed by atoms with van der Waals surface area (Å²) in [6.07, 6.45) is 0.358. The Bertz CT molecular complexity index is 380. The van der Waals surface area contributed by atoms with Gasteiger partial charge < -0.3 is 20.0 Å². The van der Waals surface area contributed by atoms with E-state index in [1.54, 1.807) is 18.2 Å². The summed E-state index contributed by atoms with van der Waals surface area (Å²) < 4.78 is 4.63. The number of amides is 1. The Kier molecular flexibility index (Phi) is 2.15. The second kappa shape index (κ2) is 3.32. The molecule has 0 aromatic heterocycles. The number of benzene rings is 1. The maximum absolute atomic E-state index is 11.0. The number of rotatable bonds is 2. The maximum atomic E-state index is 11.0. The van der Waals surface area contributed by atoms with E-state index in [1.165, 1.54) is 0 Å². The van der Waals surface area contributed by atoms with E-state index in [-0.39, 0.29) is 5.91 Å². The zero-order chi connectivity index (χ0) is 10.1. The number of anilines is 1. The van der Waals surface area contributed by atoms with Crippen LogP contribution in [-0.4, -0.2) is 23.3 Å². The van der Waals surface area contributed by atoms with Gasteiger partial charge in [-0.15, -0.1) is 0 Å². The lowest BCUT2D eigenvalue weighted by atomic mass is 10.1. The first-order valence-electron chi connectivity index (χ1n) is 4.11. The Morgan fingerprint density at radius 1 is 1.43 bits per heavy atom. The lowest BCUT2D eigenvalue weighted by Crippen LogP contribution is -2.20. The number of fused-ring (bicyclic) bond motifs is 1. The van der Waals surface area contributed by atoms with E-state index in [9.17, 15) is 4.79 Å². The Morgan fingerprint density at radius 3 is 2.93 bits per heavy atom. The van der Waals surface area contributed by atoms with Crippen LogP contribution in [0.4, 0.5) is 5.69 Å². The molecule has 72 valence electrons. The van der Waals surface area contributed by atoms with E-state index < -0.39 is 7.32 Å². The van der Waals surface area contributed by atoms with Gasteiger partial charge >= 0.3 is 7.32 Å². The highest BCUT2D eigenvalue weighted by Crippen LogP contribution is 2.27. The summed E-state index contributed by atoms with van der Waals surface area (Å²) in [6, 6.07) is 4.85. The summed E-state index contributed by atoms with van der Waals surface area (Å²) in [5, 5.41) is 19.7. The average molecular weight is 193 g/mol. The molecule has 0 radical (unpaired) electrons. The zero-order valence-electron chi connectivity index (χ0n) is 7.23. The van der Waals surface area contributed by atoms with Crippen molar-refractivity contribution in [3.8, 4) is 5.75 Å². The van der Waals surface area contributed by atoms with Crippen molar-refractivity contribution in [1.29, 1.82) is 0 Å². The fourth-order valence-corrected chi connectivity index (χ4v) is 1.39. The number of carbonyl (C=O) groups excluding carboxylic acids is 1. The molecule has 0 atom stereocenters. The van der Waals surface area contributed by atoms with Gasteiger partial charge in [-0.2, -0.15) is 0 Å². The van der Waals surface area contributed by atoms with Crippen LogP contribution >= 0.6 is 0 Å². The van der Waals surface area contributed by atoms with Crippen LogP contribution in [0, 0.1) is 0 Å². The molecule has 2 rings (SSSR count). The van der Waals surface area contributed by atoms with Gasteiger partial charge in [0.15, 0.2) is 0 Å². The molecule has 0 saturated heterocycles. The Balaban J connectivity index is 2.24. The molecular weight excluding hydrogens is 185 g/mol. The van der Waals surface area contributed by atoms with E-state index in [1.807, 2.05) is 0 Å². The van der Waals surface area contributed by atoms with Crippen LogP contribution in [0.2, 0.25) is 0 Å². The number of hydrogen-bond donors (Lipinski definition) is 3. The van der Waals surface area contributed by atoms with Gasteiger partial charge in [0.25, 0.3) is 0 Å². The van der Waals surface area contributed by atoms with E-state index in [2.05, 4.69) is 9.97 Å². The monoisotopic (exact) mass is 193 g/mol. The molecule has 14 heavy (non-hydrogen) atoms. The van der Waals surface area contributed by atoms with Crippen molar-refractivity contribution in [3.63, 3.8) is 0 Å². The molecule has 3 N–H and O–H groups in total. The van der Waals surface area contributed by atoms with Gasteiger partial charge in [0.2, 0.25) is 5.91 Å². The molecule has 1 aromatic rings. The summed E-state index contributed by atoms with van der Waals surface area (Å²) in [7, 11) is -1.84. The van der Waals surface area contributed by atoms with Crippen LogP contribution in [0.15, 0.2) is 18.2 Å². The number of nitrogens with one attached hydrogen (secondary N) is 1. The largest absolute Gasteiger partial charge is 0.707 e. The molecule has 1 aromatic carbocycles. The minimum atomic E-state index is -1.84. The molecule has 6 heteroatoms. The topological polar surface area (TPSA) is 78.8 Å². The van der Waals surface area contributed by atoms with E-state index in [0.29, 0.717) is 17.9 Å². The predicted octanol–water partition coefficient (Wildman–Crippen LogP) is -0.471. The summed E-state index contributed by atoms with van der Waals surface area (Å²) in [5.74, 6) is 0.239. The average Bonchev–Trinajstić information content (AvgIpc) is 2.42. The van der Waals surface area contributed by atoms with Gasteiger partial charge in [0, 0.05) is 11.8 Å². The highest BCUT2D eigenvalue weighted by molar-refractivity contribution is 6.33. The summed E-state index contributed by atoms with van der Waals surface area (Å²) in [4.78, 5) is 11.0. The summed E-state index contributed by atoms with van der Waals surface area (Å²) in [5.41, 5.74) is 1.54. The SMILES string of the molecule is O=C1Cc2ccc(OB(O)O)cc2N1. The van der Waals surface area contributed by atoms with Gasteiger partial charge in [0.1, 0.15) is 5.75 Å². The maximum Gasteiger partial charge on any atom is 0.707 e. The van der Waals surface area contributed by atoms with Gasteiger partial charge in [0.05, 0.1) is 6.42 Å². The van der Waals surface area contributed by atoms with Gasteiger partial charge in [-0.25, -0.2) is 0 Å². The van der Waals surface area contributed by atoms with Crippen molar-refractivity contribution in [2.45, 2.75) is 6.42 Å². The van der Waals surface area contributed by atoms with Crippen LogP contribution in [0.1, 0.15) is 5.56 Å². The van der Waals surface area contributed by atoms with Crippen molar-refractivity contribution < 1.29 is 19.5 Å². The Morgan fingerprint density at radius 2 is 2.21 bits per heavy atom. The first kappa shape index (κ1) is 9.05. The van der Waals surface area contributed by atoms with Crippen LogP contribution < -0.4 is 9.97 Å². The molecule has 1 aliphatic heterocycles. The predicted molar refractivity (Wildman–Crippen MR) is 49.6 cm³/mol. The highest BCUT2D eigenvalue weighted by Gasteiger charge is 2.19. The van der Waals surface area contributed by atoms with Gasteiger partial charge in [-0.3, -0.25) is 4.79 Å². The molecule has 1 amide bonds. The second-order valence-electron chi connectivity index (χ2n) is 2.99.